The molecule has 0 aromatic carbocycles. The zero-order valence-electron chi connectivity index (χ0n) is 11.0. The molecule has 0 saturated carbocycles. The number of allylic oxidation sites excluding steroid dienone is 2. The van der Waals surface area contributed by atoms with Gasteiger partial charge in [0.15, 0.2) is 0 Å². The van der Waals surface area contributed by atoms with Crippen LogP contribution in [0.3, 0.4) is 0 Å². The molecular formula is C6H19NaO6P2S2. The van der Waals surface area contributed by atoms with E-state index in [1.54, 1.807) is 12.2 Å². The molecule has 0 rings (SSSR count). The first kappa shape index (κ1) is 31.1. The Bertz CT molecular complexity index is 214. The Kier molecular flexibility index (Phi) is 36.4. The van der Waals surface area contributed by atoms with Crippen LogP contribution in [0.15, 0.2) is 25.3 Å². The molecule has 0 aliphatic rings. The Morgan fingerprint density at radius 1 is 0.824 bits per heavy atom. The molecule has 0 fully saturated rings. The number of rotatable bonds is 0. The molecule has 6 nitrogen and oxygen atoms in total. The Morgan fingerprint density at radius 2 is 0.824 bits per heavy atom. The summed E-state index contributed by atoms with van der Waals surface area (Å²) in [6.07, 6.45) is 3.50. The van der Waals surface area contributed by atoms with E-state index >= 15 is 0 Å². The van der Waals surface area contributed by atoms with E-state index in [1.807, 2.05) is 13.8 Å². The topological polar surface area (TPSA) is 121 Å². The van der Waals surface area contributed by atoms with Crippen molar-refractivity contribution in [3.05, 3.63) is 25.3 Å². The average molecular weight is 336 g/mol. The van der Waals surface area contributed by atoms with E-state index in [4.69, 9.17) is 29.4 Å². The molecule has 0 heterocycles. The Balaban J connectivity index is -0.0000000265. The Hall–Kier alpha value is 1.54. The van der Waals surface area contributed by atoms with Crippen LogP contribution in [-0.4, -0.2) is 29.4 Å². The second-order valence-electron chi connectivity index (χ2n) is 1.84. The fourth-order valence-corrected chi connectivity index (χ4v) is 0. The van der Waals surface area contributed by atoms with Crippen molar-refractivity contribution in [1.29, 1.82) is 0 Å². The van der Waals surface area contributed by atoms with Crippen molar-refractivity contribution in [1.82, 2.24) is 0 Å². The van der Waals surface area contributed by atoms with Crippen molar-refractivity contribution in [3.63, 3.8) is 0 Å². The van der Waals surface area contributed by atoms with Crippen LogP contribution >= 0.6 is 13.4 Å². The van der Waals surface area contributed by atoms with Crippen molar-refractivity contribution in [3.8, 4) is 0 Å². The van der Waals surface area contributed by atoms with Gasteiger partial charge in [0, 0.05) is 0 Å². The summed E-state index contributed by atoms with van der Waals surface area (Å²) in [6, 6.07) is 0. The third-order valence-corrected chi connectivity index (χ3v) is 0. The van der Waals surface area contributed by atoms with Gasteiger partial charge in [-0.2, -0.15) is 0 Å². The van der Waals surface area contributed by atoms with Crippen LogP contribution in [0.1, 0.15) is 15.3 Å². The molecule has 0 aliphatic carbocycles. The molecular weight excluding hydrogens is 317 g/mol. The van der Waals surface area contributed by atoms with Gasteiger partial charge in [-0.15, -0.1) is 13.2 Å². The van der Waals surface area contributed by atoms with Crippen LogP contribution in [0.2, 0.25) is 0 Å². The summed E-state index contributed by atoms with van der Waals surface area (Å²) >= 11 is 7.21. The first-order chi connectivity index (χ1) is 6.83. The first-order valence-electron chi connectivity index (χ1n) is 3.54. The van der Waals surface area contributed by atoms with E-state index < -0.39 is 13.4 Å². The zero-order chi connectivity index (χ0) is 14.4. The molecule has 0 aromatic rings. The summed E-state index contributed by atoms with van der Waals surface area (Å²) in [5, 5.41) is 0. The van der Waals surface area contributed by atoms with Gasteiger partial charge in [-0.3, -0.25) is 0 Å². The molecule has 0 spiro atoms. The average Bonchev–Trinajstić information content (AvgIpc) is 1.79. The standard InChI is InChI=1S/2C3H6.Na.2H3O3PS.H/c2*1-3-2;;2*1-4(2,3)5;/h2*3H,1H2,2H3;;2*(H3,1,2,3,5);/q;;+1;;;-1. The van der Waals surface area contributed by atoms with Gasteiger partial charge in [-0.1, -0.05) is 12.2 Å². The normalized spacial score (nSPS) is 8.47. The minimum Gasteiger partial charge on any atom is -1.00 e. The zero-order valence-corrected chi connectivity index (χ0v) is 15.4. The maximum atomic E-state index is 7.56. The van der Waals surface area contributed by atoms with Crippen LogP contribution in [0.5, 0.6) is 0 Å². The molecule has 0 aliphatic heterocycles. The maximum Gasteiger partial charge on any atom is 1.00 e. The molecule has 17 heavy (non-hydrogen) atoms. The van der Waals surface area contributed by atoms with Gasteiger partial charge in [0.05, 0.1) is 0 Å². The minimum absolute atomic E-state index is 0. The molecule has 0 bridgehead atoms. The van der Waals surface area contributed by atoms with Gasteiger partial charge in [-0.25, -0.2) is 0 Å². The van der Waals surface area contributed by atoms with Gasteiger partial charge in [0.1, 0.15) is 0 Å². The predicted molar refractivity (Wildman–Crippen MR) is 74.7 cm³/mol. The number of hydrogen-bond donors (Lipinski definition) is 6. The van der Waals surface area contributed by atoms with Crippen molar-refractivity contribution in [2.24, 2.45) is 0 Å². The van der Waals surface area contributed by atoms with Crippen molar-refractivity contribution >= 4 is 37.1 Å². The summed E-state index contributed by atoms with van der Waals surface area (Å²) in [5.74, 6) is 0. The Morgan fingerprint density at radius 3 is 0.824 bits per heavy atom. The van der Waals surface area contributed by atoms with Crippen LogP contribution in [0.4, 0.5) is 0 Å². The summed E-state index contributed by atoms with van der Waals surface area (Å²) in [7, 11) is 0. The van der Waals surface area contributed by atoms with E-state index in [9.17, 15) is 0 Å². The van der Waals surface area contributed by atoms with Crippen LogP contribution in [-0.2, 0) is 23.6 Å². The van der Waals surface area contributed by atoms with Gasteiger partial charge < -0.3 is 30.8 Å². The first-order valence-corrected chi connectivity index (χ1v) is 8.86. The molecule has 0 unspecified atom stereocenters. The van der Waals surface area contributed by atoms with E-state index in [-0.39, 0.29) is 31.0 Å². The minimum atomic E-state index is -3.81. The second kappa shape index (κ2) is 19.9. The number of hydrogen-bond acceptors (Lipinski definition) is 2. The van der Waals surface area contributed by atoms with Gasteiger partial charge >= 0.3 is 43.0 Å². The van der Waals surface area contributed by atoms with Crippen LogP contribution in [0.25, 0.3) is 0 Å². The summed E-state index contributed by atoms with van der Waals surface area (Å²) in [6.45, 7) is 2.89. The second-order valence-corrected chi connectivity index (χ2v) is 6.84. The Labute approximate surface area is 136 Å². The van der Waals surface area contributed by atoms with E-state index in [0.29, 0.717) is 0 Å². The molecule has 11 heteroatoms. The maximum absolute atomic E-state index is 7.56. The van der Waals surface area contributed by atoms with Gasteiger partial charge in [0.2, 0.25) is 0 Å². The summed E-state index contributed by atoms with van der Waals surface area (Å²) in [4.78, 5) is 45.3. The van der Waals surface area contributed by atoms with Crippen molar-refractivity contribution in [2.45, 2.75) is 13.8 Å². The van der Waals surface area contributed by atoms with Crippen molar-refractivity contribution < 1.29 is 60.3 Å². The van der Waals surface area contributed by atoms with Crippen molar-refractivity contribution in [2.75, 3.05) is 0 Å². The molecule has 102 valence electrons. The quantitative estimate of drug-likeness (QED) is 0.169. The third-order valence-electron chi connectivity index (χ3n) is 0. The predicted octanol–water partition coefficient (Wildman–Crippen LogP) is -2.12. The fraction of sp³-hybridized carbons (Fsp3) is 0.333. The molecule has 0 radical (unpaired) electrons. The van der Waals surface area contributed by atoms with Gasteiger partial charge in [0.25, 0.3) is 0 Å². The summed E-state index contributed by atoms with van der Waals surface area (Å²) in [5.41, 5.74) is 0. The largest absolute Gasteiger partial charge is 1.00 e. The molecule has 0 atom stereocenters. The van der Waals surface area contributed by atoms with E-state index in [2.05, 4.69) is 36.8 Å². The molecule has 0 amide bonds. The fourth-order valence-electron chi connectivity index (χ4n) is 0. The molecule has 6 N–H and O–H groups in total. The molecule has 0 saturated heterocycles. The monoisotopic (exact) mass is 336 g/mol. The SMILES string of the molecule is C=CC.C=CC.OP(O)(O)=S.OP(O)(O)=S.[H-].[Na+]. The van der Waals surface area contributed by atoms with Gasteiger partial charge in [-0.05, 0) is 37.5 Å². The van der Waals surface area contributed by atoms with E-state index in [0.717, 1.165) is 0 Å². The smallest absolute Gasteiger partial charge is 1.00 e. The van der Waals surface area contributed by atoms with Crippen LogP contribution in [0, 0.1) is 0 Å². The summed E-state index contributed by atoms with van der Waals surface area (Å²) < 4.78 is 0. The molecule has 0 aromatic heterocycles. The van der Waals surface area contributed by atoms with Crippen LogP contribution < -0.4 is 29.6 Å². The van der Waals surface area contributed by atoms with E-state index in [1.165, 1.54) is 0 Å². The third kappa shape index (κ3) is 1790.